The summed E-state index contributed by atoms with van der Waals surface area (Å²) in [5, 5.41) is 4.41. The van der Waals surface area contributed by atoms with Crippen LogP contribution < -0.4 is 9.64 Å². The van der Waals surface area contributed by atoms with E-state index in [4.69, 9.17) is 4.74 Å². The Bertz CT molecular complexity index is 1190. The van der Waals surface area contributed by atoms with Crippen molar-refractivity contribution in [1.82, 2.24) is 19.5 Å². The van der Waals surface area contributed by atoms with Crippen molar-refractivity contribution >= 4 is 17.4 Å². The van der Waals surface area contributed by atoms with Crippen molar-refractivity contribution in [1.29, 1.82) is 0 Å². The number of amides is 1. The fraction of sp³-hybridized carbons (Fsp3) is 0.480. The molecule has 1 spiro atoms. The molecule has 3 aliphatic heterocycles. The Hall–Kier alpha value is -2.93. The Morgan fingerprint density at radius 2 is 2.00 bits per heavy atom. The van der Waals surface area contributed by atoms with Crippen molar-refractivity contribution in [2.45, 2.75) is 45.6 Å². The lowest BCUT2D eigenvalue weighted by molar-refractivity contribution is -0.118. The van der Waals surface area contributed by atoms with Gasteiger partial charge in [-0.1, -0.05) is 12.1 Å². The predicted molar refractivity (Wildman–Crippen MR) is 122 cm³/mol. The maximum absolute atomic E-state index is 13.1. The lowest BCUT2D eigenvalue weighted by atomic mass is 9.77. The van der Waals surface area contributed by atoms with E-state index in [1.165, 1.54) is 11.1 Å². The van der Waals surface area contributed by atoms with Crippen molar-refractivity contribution in [3.63, 3.8) is 0 Å². The predicted octanol–water partition coefficient (Wildman–Crippen LogP) is 3.55. The monoisotopic (exact) mass is 431 g/mol. The molecule has 0 radical (unpaired) electrons. The van der Waals surface area contributed by atoms with Crippen LogP contribution in [0.15, 0.2) is 36.5 Å². The van der Waals surface area contributed by atoms with Crippen LogP contribution in [0.2, 0.25) is 0 Å². The number of likely N-dealkylation sites (tertiary alicyclic amines) is 1. The molecule has 2 saturated heterocycles. The second kappa shape index (κ2) is 7.30. The van der Waals surface area contributed by atoms with E-state index in [-0.39, 0.29) is 11.3 Å². The number of aromatic nitrogens is 3. The highest BCUT2D eigenvalue weighted by Crippen LogP contribution is 2.44. The van der Waals surface area contributed by atoms with Crippen LogP contribution >= 0.6 is 0 Å². The van der Waals surface area contributed by atoms with Gasteiger partial charge in [-0.15, -0.1) is 0 Å². The lowest BCUT2D eigenvalue weighted by Gasteiger charge is -2.41. The molecule has 1 amide bonds. The van der Waals surface area contributed by atoms with Gasteiger partial charge in [0, 0.05) is 43.3 Å². The third kappa shape index (κ3) is 3.18. The SMILES string of the molecule is Cc1cc(N2CC3(CCN([C@H](C)c4ccc5c(c4)OCC5)CC3)CC2=O)n2nccc2n1. The van der Waals surface area contributed by atoms with E-state index in [2.05, 4.69) is 40.1 Å². The van der Waals surface area contributed by atoms with Gasteiger partial charge in [0.05, 0.1) is 12.8 Å². The molecule has 32 heavy (non-hydrogen) atoms. The number of hydrogen-bond acceptors (Lipinski definition) is 5. The zero-order valence-electron chi connectivity index (χ0n) is 18.8. The smallest absolute Gasteiger partial charge is 0.228 e. The first-order valence-corrected chi connectivity index (χ1v) is 11.6. The minimum atomic E-state index is 0.0466. The molecule has 1 atom stereocenters. The zero-order valence-corrected chi connectivity index (χ0v) is 18.8. The Morgan fingerprint density at radius 3 is 2.84 bits per heavy atom. The molecule has 0 unspecified atom stereocenters. The van der Waals surface area contributed by atoms with Gasteiger partial charge in [-0.3, -0.25) is 14.6 Å². The first kappa shape index (κ1) is 19.7. The minimum Gasteiger partial charge on any atom is -0.493 e. The van der Waals surface area contributed by atoms with E-state index in [0.29, 0.717) is 12.5 Å². The van der Waals surface area contributed by atoms with Gasteiger partial charge in [0.1, 0.15) is 11.6 Å². The van der Waals surface area contributed by atoms with Gasteiger partial charge < -0.3 is 4.74 Å². The summed E-state index contributed by atoms with van der Waals surface area (Å²) >= 11 is 0. The van der Waals surface area contributed by atoms with Crippen LogP contribution in [0.5, 0.6) is 5.75 Å². The zero-order chi connectivity index (χ0) is 21.9. The summed E-state index contributed by atoms with van der Waals surface area (Å²) in [6.07, 6.45) is 5.45. The van der Waals surface area contributed by atoms with Crippen molar-refractivity contribution in [3.05, 3.63) is 53.3 Å². The van der Waals surface area contributed by atoms with Crippen LogP contribution in [-0.4, -0.2) is 51.6 Å². The lowest BCUT2D eigenvalue weighted by Crippen LogP contribution is -2.42. The molecule has 6 rings (SSSR count). The summed E-state index contributed by atoms with van der Waals surface area (Å²) < 4.78 is 7.57. The number of carbonyl (C=O) groups excluding carboxylic acids is 1. The van der Waals surface area contributed by atoms with Crippen molar-refractivity contribution in [2.24, 2.45) is 5.41 Å². The second-order valence-electron chi connectivity index (χ2n) is 9.69. The van der Waals surface area contributed by atoms with Crippen molar-refractivity contribution in [3.8, 4) is 5.75 Å². The van der Waals surface area contributed by atoms with Crippen LogP contribution in [0.25, 0.3) is 5.65 Å². The fourth-order valence-electron chi connectivity index (χ4n) is 5.69. The van der Waals surface area contributed by atoms with Crippen LogP contribution in [0.3, 0.4) is 0 Å². The Balaban J connectivity index is 1.18. The van der Waals surface area contributed by atoms with Crippen LogP contribution in [0, 0.1) is 12.3 Å². The number of rotatable bonds is 3. The summed E-state index contributed by atoms with van der Waals surface area (Å²) in [6.45, 7) is 7.83. The number of benzene rings is 1. The van der Waals surface area contributed by atoms with E-state index < -0.39 is 0 Å². The van der Waals surface area contributed by atoms with E-state index in [9.17, 15) is 4.79 Å². The van der Waals surface area contributed by atoms with Crippen LogP contribution in [-0.2, 0) is 11.2 Å². The number of aryl methyl sites for hydroxylation is 1. The fourth-order valence-corrected chi connectivity index (χ4v) is 5.69. The first-order chi connectivity index (χ1) is 15.5. The van der Waals surface area contributed by atoms with Gasteiger partial charge in [0.25, 0.3) is 0 Å². The number of hydrogen-bond donors (Lipinski definition) is 0. The molecule has 0 bridgehead atoms. The molecule has 0 N–H and O–H groups in total. The Morgan fingerprint density at radius 1 is 1.16 bits per heavy atom. The molecule has 1 aromatic carbocycles. The van der Waals surface area contributed by atoms with Gasteiger partial charge in [-0.2, -0.15) is 9.61 Å². The molecule has 0 aliphatic carbocycles. The highest BCUT2D eigenvalue weighted by atomic mass is 16.5. The summed E-state index contributed by atoms with van der Waals surface area (Å²) in [5.41, 5.74) is 4.38. The Kier molecular flexibility index (Phi) is 4.50. The Labute approximate surface area is 188 Å². The van der Waals surface area contributed by atoms with Gasteiger partial charge in [-0.25, -0.2) is 4.98 Å². The maximum Gasteiger partial charge on any atom is 0.228 e. The molecule has 7 heteroatoms. The van der Waals surface area contributed by atoms with Gasteiger partial charge >= 0.3 is 0 Å². The molecule has 7 nitrogen and oxygen atoms in total. The van der Waals surface area contributed by atoms with Crippen LogP contribution in [0.1, 0.15) is 49.0 Å². The van der Waals surface area contributed by atoms with Crippen molar-refractivity contribution in [2.75, 3.05) is 31.1 Å². The largest absolute Gasteiger partial charge is 0.493 e. The van der Waals surface area contributed by atoms with Gasteiger partial charge in [0.15, 0.2) is 5.65 Å². The van der Waals surface area contributed by atoms with E-state index in [1.54, 1.807) is 10.7 Å². The average molecular weight is 432 g/mol. The van der Waals surface area contributed by atoms with E-state index in [0.717, 1.165) is 68.4 Å². The summed E-state index contributed by atoms with van der Waals surface area (Å²) in [6, 6.07) is 10.9. The highest BCUT2D eigenvalue weighted by Gasteiger charge is 2.46. The van der Waals surface area contributed by atoms with E-state index in [1.807, 2.05) is 24.0 Å². The highest BCUT2D eigenvalue weighted by molar-refractivity contribution is 5.95. The number of fused-ring (bicyclic) bond motifs is 2. The molecule has 2 fully saturated rings. The van der Waals surface area contributed by atoms with Gasteiger partial charge in [-0.05, 0) is 62.4 Å². The number of piperidine rings is 1. The topological polar surface area (TPSA) is 63.0 Å². The minimum absolute atomic E-state index is 0.0466. The number of anilines is 1. The first-order valence-electron chi connectivity index (χ1n) is 11.6. The standard InChI is InChI=1S/C25H29N5O2/c1-17-13-23(30-22(27-17)5-9-26-30)29-16-25(15-24(29)31)7-10-28(11-8-25)18(2)20-4-3-19-6-12-32-21(19)14-20/h3-5,9,13-14,18H,6-8,10-12,15-16H2,1-2H3/t18-/m1/s1. The molecule has 166 valence electrons. The molecule has 3 aromatic rings. The molecule has 5 heterocycles. The van der Waals surface area contributed by atoms with Crippen LogP contribution in [0.4, 0.5) is 5.82 Å². The number of ether oxygens (including phenoxy) is 1. The molecule has 3 aliphatic rings. The summed E-state index contributed by atoms with van der Waals surface area (Å²) in [4.78, 5) is 22.1. The third-order valence-corrected chi connectivity index (χ3v) is 7.67. The molecule has 0 saturated carbocycles. The normalized spacial score (nSPS) is 21.3. The maximum atomic E-state index is 13.1. The molecule has 2 aromatic heterocycles. The van der Waals surface area contributed by atoms with Crippen molar-refractivity contribution < 1.29 is 9.53 Å². The third-order valence-electron chi connectivity index (χ3n) is 7.67. The van der Waals surface area contributed by atoms with Gasteiger partial charge in [0.2, 0.25) is 5.91 Å². The average Bonchev–Trinajstić information content (AvgIpc) is 3.51. The molecular formula is C25H29N5O2. The second-order valence-corrected chi connectivity index (χ2v) is 9.69. The molecular weight excluding hydrogens is 402 g/mol. The van der Waals surface area contributed by atoms with E-state index >= 15 is 0 Å². The number of nitrogens with zero attached hydrogens (tertiary/aromatic N) is 5. The summed E-state index contributed by atoms with van der Waals surface area (Å²) in [5.74, 6) is 2.09. The number of carbonyl (C=O) groups is 1. The summed E-state index contributed by atoms with van der Waals surface area (Å²) in [7, 11) is 0. The quantitative estimate of drug-likeness (QED) is 0.635.